The van der Waals surface area contributed by atoms with Crippen molar-refractivity contribution in [3.05, 3.63) is 41.4 Å². The average Bonchev–Trinajstić information content (AvgIpc) is 3.20. The molecule has 0 bridgehead atoms. The topological polar surface area (TPSA) is 112 Å². The zero-order valence-electron chi connectivity index (χ0n) is 17.7. The van der Waals surface area contributed by atoms with Gasteiger partial charge in [-0.25, -0.2) is 9.97 Å². The van der Waals surface area contributed by atoms with Crippen molar-refractivity contribution in [1.29, 1.82) is 0 Å². The molecule has 172 valence electrons. The number of carbonyl (C=O) groups excluding carboxylic acids is 1. The quantitative estimate of drug-likeness (QED) is 0.501. The molecule has 1 amide bonds. The van der Waals surface area contributed by atoms with E-state index in [2.05, 4.69) is 15.3 Å². The maximum absolute atomic E-state index is 13.2. The second-order valence-corrected chi connectivity index (χ2v) is 6.88. The van der Waals surface area contributed by atoms with Gasteiger partial charge in [-0.2, -0.15) is 13.2 Å². The van der Waals surface area contributed by atoms with Crippen LogP contribution < -0.4 is 15.8 Å². The summed E-state index contributed by atoms with van der Waals surface area (Å²) in [6.45, 7) is 4.58. The number of oxazole rings is 1. The van der Waals surface area contributed by atoms with Crippen LogP contribution in [0.4, 0.5) is 13.2 Å². The van der Waals surface area contributed by atoms with Crippen LogP contribution in [0.1, 0.15) is 41.8 Å². The fourth-order valence-corrected chi connectivity index (χ4v) is 3.08. The Morgan fingerprint density at radius 1 is 1.25 bits per heavy atom. The maximum atomic E-state index is 13.2. The lowest BCUT2D eigenvalue weighted by molar-refractivity contribution is -0.140. The molecule has 3 N–H and O–H groups in total. The van der Waals surface area contributed by atoms with Crippen LogP contribution in [0.25, 0.3) is 22.4 Å². The maximum Gasteiger partial charge on any atom is 0.433 e. The zero-order chi connectivity index (χ0) is 23.5. The highest BCUT2D eigenvalue weighted by atomic mass is 19.4. The number of alkyl halides is 3. The van der Waals surface area contributed by atoms with Crippen molar-refractivity contribution < 1.29 is 31.9 Å². The van der Waals surface area contributed by atoms with Crippen molar-refractivity contribution >= 4 is 16.8 Å². The van der Waals surface area contributed by atoms with Crippen LogP contribution >= 0.6 is 0 Å². The van der Waals surface area contributed by atoms with Crippen molar-refractivity contribution in [3.63, 3.8) is 0 Å². The molecule has 0 aliphatic rings. The number of hydrogen-bond donors (Lipinski definition) is 2. The minimum absolute atomic E-state index is 0.00432. The first-order valence-corrected chi connectivity index (χ1v) is 9.84. The molecule has 0 saturated carbocycles. The number of fused-ring (bicyclic) bond motifs is 1. The van der Waals surface area contributed by atoms with E-state index in [1.54, 1.807) is 13.0 Å². The number of halogens is 3. The van der Waals surface area contributed by atoms with Gasteiger partial charge in [0.2, 0.25) is 5.89 Å². The van der Waals surface area contributed by atoms with Gasteiger partial charge in [-0.1, -0.05) is 0 Å². The lowest BCUT2D eigenvalue weighted by atomic mass is 10.1. The summed E-state index contributed by atoms with van der Waals surface area (Å²) in [5.74, 6) is -0.163. The molecule has 0 fully saturated rings. The molecule has 2 aromatic heterocycles. The Morgan fingerprint density at radius 2 is 2.00 bits per heavy atom. The van der Waals surface area contributed by atoms with E-state index in [9.17, 15) is 18.0 Å². The fourth-order valence-electron chi connectivity index (χ4n) is 3.08. The normalized spacial score (nSPS) is 12.7. The van der Waals surface area contributed by atoms with Crippen molar-refractivity contribution in [2.24, 2.45) is 5.73 Å². The van der Waals surface area contributed by atoms with Crippen molar-refractivity contribution in [2.75, 3.05) is 26.9 Å². The van der Waals surface area contributed by atoms with E-state index in [1.165, 1.54) is 19.2 Å². The van der Waals surface area contributed by atoms with Crippen LogP contribution in [-0.2, 0) is 10.9 Å². The summed E-state index contributed by atoms with van der Waals surface area (Å²) in [5, 5.41) is 2.99. The summed E-state index contributed by atoms with van der Waals surface area (Å²) in [6.07, 6.45) is -4.62. The van der Waals surface area contributed by atoms with Gasteiger partial charge in [-0.05, 0) is 38.1 Å². The average molecular weight is 452 g/mol. The predicted molar refractivity (Wildman–Crippen MR) is 110 cm³/mol. The third-order valence-electron chi connectivity index (χ3n) is 4.58. The van der Waals surface area contributed by atoms with Gasteiger partial charge in [0.1, 0.15) is 17.0 Å². The van der Waals surface area contributed by atoms with Crippen LogP contribution in [0.15, 0.2) is 28.7 Å². The highest BCUT2D eigenvalue weighted by molar-refractivity contribution is 5.98. The molecule has 8 nitrogen and oxygen atoms in total. The van der Waals surface area contributed by atoms with Gasteiger partial charge >= 0.3 is 6.18 Å². The molecular formula is C21H23F3N4O4. The molecular weight excluding hydrogens is 429 g/mol. The first kappa shape index (κ1) is 23.5. The summed E-state index contributed by atoms with van der Waals surface area (Å²) in [6, 6.07) is 4.51. The Kier molecular flexibility index (Phi) is 6.99. The number of amides is 1. The lowest BCUT2D eigenvalue weighted by Gasteiger charge is -2.11. The number of carbonyl (C=O) groups is 1. The number of methoxy groups -OCH3 is 1. The molecule has 0 aliphatic heterocycles. The summed E-state index contributed by atoms with van der Waals surface area (Å²) >= 11 is 0. The summed E-state index contributed by atoms with van der Waals surface area (Å²) < 4.78 is 55.6. The molecule has 2 heterocycles. The Morgan fingerprint density at radius 3 is 2.62 bits per heavy atom. The van der Waals surface area contributed by atoms with Gasteiger partial charge < -0.3 is 24.9 Å². The first-order valence-electron chi connectivity index (χ1n) is 9.84. The standard InChI is InChI=1S/C21H23F3N4O4/c1-4-31-10-9-26-19(29)17-18(11(2)25)32-20(28-17)13-5-7-14(30-3)16-12(13)6-8-15(27-16)21(22,23)24/h5-8,11H,4,9-10,25H2,1-3H3,(H,26,29)/t11-/m0/s1. The summed E-state index contributed by atoms with van der Waals surface area (Å²) in [5.41, 5.74) is 5.22. The smallest absolute Gasteiger partial charge is 0.433 e. The summed E-state index contributed by atoms with van der Waals surface area (Å²) in [4.78, 5) is 20.6. The molecule has 0 spiro atoms. The van der Waals surface area contributed by atoms with Gasteiger partial charge in [-0.15, -0.1) is 0 Å². The van der Waals surface area contributed by atoms with Crippen LogP contribution in [-0.4, -0.2) is 42.7 Å². The van der Waals surface area contributed by atoms with E-state index < -0.39 is 23.8 Å². The van der Waals surface area contributed by atoms with Crippen LogP contribution in [0.2, 0.25) is 0 Å². The summed E-state index contributed by atoms with van der Waals surface area (Å²) in [7, 11) is 1.33. The van der Waals surface area contributed by atoms with Gasteiger partial charge in [0.05, 0.1) is 19.8 Å². The van der Waals surface area contributed by atoms with E-state index in [-0.39, 0.29) is 35.2 Å². The van der Waals surface area contributed by atoms with Gasteiger partial charge in [0.25, 0.3) is 5.91 Å². The van der Waals surface area contributed by atoms with E-state index in [1.807, 2.05) is 6.92 Å². The number of benzene rings is 1. The minimum atomic E-state index is -4.62. The van der Waals surface area contributed by atoms with E-state index in [0.29, 0.717) is 24.2 Å². The fraction of sp³-hybridized carbons (Fsp3) is 0.381. The highest BCUT2D eigenvalue weighted by Gasteiger charge is 2.33. The number of aromatic nitrogens is 2. The van der Waals surface area contributed by atoms with Crippen molar-refractivity contribution in [2.45, 2.75) is 26.1 Å². The van der Waals surface area contributed by atoms with Gasteiger partial charge in [0.15, 0.2) is 11.5 Å². The molecule has 0 radical (unpaired) electrons. The van der Waals surface area contributed by atoms with Crippen LogP contribution in [0.5, 0.6) is 5.75 Å². The Hall–Kier alpha value is -3.18. The van der Waals surface area contributed by atoms with E-state index in [4.69, 9.17) is 19.6 Å². The number of nitrogens with two attached hydrogens (primary N) is 1. The predicted octanol–water partition coefficient (Wildman–Crippen LogP) is 3.70. The molecule has 32 heavy (non-hydrogen) atoms. The number of ether oxygens (including phenoxy) is 2. The molecule has 1 atom stereocenters. The molecule has 0 aliphatic carbocycles. The third kappa shape index (κ3) is 4.83. The SMILES string of the molecule is CCOCCNC(=O)c1nc(-c2ccc(OC)c3nc(C(F)(F)F)ccc23)oc1[C@H](C)N. The van der Waals surface area contributed by atoms with Crippen molar-refractivity contribution in [3.8, 4) is 17.2 Å². The van der Waals surface area contributed by atoms with E-state index >= 15 is 0 Å². The molecule has 1 aromatic carbocycles. The second-order valence-electron chi connectivity index (χ2n) is 6.88. The zero-order valence-corrected chi connectivity index (χ0v) is 17.7. The molecule has 11 heteroatoms. The Bertz CT molecular complexity index is 1110. The first-order chi connectivity index (χ1) is 15.2. The highest BCUT2D eigenvalue weighted by Crippen LogP contribution is 2.37. The van der Waals surface area contributed by atoms with Gasteiger partial charge in [-0.3, -0.25) is 4.79 Å². The van der Waals surface area contributed by atoms with Crippen LogP contribution in [0.3, 0.4) is 0 Å². The largest absolute Gasteiger partial charge is 0.494 e. The van der Waals surface area contributed by atoms with Crippen LogP contribution in [0, 0.1) is 0 Å². The molecule has 3 aromatic rings. The number of rotatable bonds is 8. The number of hydrogen-bond acceptors (Lipinski definition) is 7. The third-order valence-corrected chi connectivity index (χ3v) is 4.58. The number of pyridine rings is 1. The number of nitrogens with one attached hydrogen (secondary N) is 1. The molecule has 0 saturated heterocycles. The Balaban J connectivity index is 2.07. The van der Waals surface area contributed by atoms with Crippen molar-refractivity contribution in [1.82, 2.24) is 15.3 Å². The number of nitrogens with zero attached hydrogens (tertiary/aromatic N) is 2. The minimum Gasteiger partial charge on any atom is -0.494 e. The lowest BCUT2D eigenvalue weighted by Crippen LogP contribution is -2.29. The van der Waals surface area contributed by atoms with E-state index in [0.717, 1.165) is 6.07 Å². The van der Waals surface area contributed by atoms with Gasteiger partial charge in [0, 0.05) is 24.1 Å². The molecule has 3 rings (SSSR count). The monoisotopic (exact) mass is 452 g/mol. The molecule has 0 unspecified atom stereocenters. The second kappa shape index (κ2) is 9.53. The Labute approximate surface area is 181 Å².